The molecule has 2 aromatic rings. The molecule has 2 aromatic carbocycles. The van der Waals surface area contributed by atoms with Crippen LogP contribution in [0.15, 0.2) is 36.4 Å². The highest BCUT2D eigenvalue weighted by Crippen LogP contribution is 2.20. The Morgan fingerprint density at radius 3 is 2.43 bits per heavy atom. The molecule has 0 radical (unpaired) electrons. The first-order valence-corrected chi connectivity index (χ1v) is 7.97. The van der Waals surface area contributed by atoms with Crippen molar-refractivity contribution in [2.24, 2.45) is 0 Å². The van der Waals surface area contributed by atoms with Crippen LogP contribution in [0, 0.1) is 17.4 Å². The second-order valence-electron chi connectivity index (χ2n) is 5.16. The average Bonchev–Trinajstić information content (AvgIpc) is 2.46. The number of anilines is 1. The van der Waals surface area contributed by atoms with Gasteiger partial charge in [0, 0.05) is 9.26 Å². The number of esters is 1. The second-order valence-corrected chi connectivity index (χ2v) is 6.41. The Hall–Kier alpha value is -2.09. The number of hydrogen-bond donors (Lipinski definition) is 2. The van der Waals surface area contributed by atoms with Crippen LogP contribution in [0.4, 0.5) is 5.69 Å². The predicted molar refractivity (Wildman–Crippen MR) is 95.7 cm³/mol. The molecule has 23 heavy (non-hydrogen) atoms. The lowest BCUT2D eigenvalue weighted by Gasteiger charge is -2.09. The molecule has 0 saturated heterocycles. The van der Waals surface area contributed by atoms with Crippen LogP contribution in [0.5, 0.6) is 5.75 Å². The molecule has 0 aromatic heterocycles. The number of ether oxygens (including phenoxy) is 1. The van der Waals surface area contributed by atoms with Crippen molar-refractivity contribution in [3.63, 3.8) is 0 Å². The minimum absolute atomic E-state index is 0.0381. The van der Waals surface area contributed by atoms with Gasteiger partial charge in [-0.25, -0.2) is 4.79 Å². The third-order valence-corrected chi connectivity index (χ3v) is 3.69. The number of hydrogen-bond acceptors (Lipinski definition) is 4. The molecule has 0 aliphatic carbocycles. The first-order valence-electron chi connectivity index (χ1n) is 6.89. The van der Waals surface area contributed by atoms with E-state index in [2.05, 4.69) is 5.32 Å². The fourth-order valence-corrected chi connectivity index (χ4v) is 2.62. The van der Waals surface area contributed by atoms with Crippen molar-refractivity contribution in [1.82, 2.24) is 0 Å². The quantitative estimate of drug-likeness (QED) is 0.582. The summed E-state index contributed by atoms with van der Waals surface area (Å²) in [6, 6.07) is 10.2. The minimum atomic E-state index is -0.739. The molecule has 2 rings (SSSR count). The van der Waals surface area contributed by atoms with Crippen LogP contribution in [0.25, 0.3) is 0 Å². The van der Waals surface area contributed by atoms with Gasteiger partial charge in [0.2, 0.25) is 0 Å². The summed E-state index contributed by atoms with van der Waals surface area (Å²) in [5.41, 5.74) is 2.75. The van der Waals surface area contributed by atoms with Crippen molar-refractivity contribution in [2.75, 3.05) is 11.9 Å². The number of carbonyl (C=O) groups excluding carboxylic acids is 2. The molecule has 0 atom stereocenters. The molecule has 0 bridgehead atoms. The number of phenols is 1. The monoisotopic (exact) mass is 425 g/mol. The molecule has 0 spiro atoms. The highest BCUT2D eigenvalue weighted by atomic mass is 127. The highest BCUT2D eigenvalue weighted by Gasteiger charge is 2.15. The number of halogens is 1. The van der Waals surface area contributed by atoms with E-state index in [-0.39, 0.29) is 11.3 Å². The first kappa shape index (κ1) is 17.3. The highest BCUT2D eigenvalue weighted by molar-refractivity contribution is 14.1. The maximum absolute atomic E-state index is 11.9. The van der Waals surface area contributed by atoms with Crippen LogP contribution in [0.2, 0.25) is 0 Å². The van der Waals surface area contributed by atoms with Crippen LogP contribution in [0.1, 0.15) is 21.5 Å². The number of nitrogens with one attached hydrogen (secondary N) is 1. The Labute approximate surface area is 147 Å². The Morgan fingerprint density at radius 2 is 1.78 bits per heavy atom. The Bertz CT molecular complexity index is 738. The van der Waals surface area contributed by atoms with Crippen molar-refractivity contribution in [3.05, 3.63) is 56.7 Å². The predicted octanol–water partition coefficient (Wildman–Crippen LogP) is 3.41. The molecule has 2 N–H and O–H groups in total. The van der Waals surface area contributed by atoms with E-state index in [1.807, 2.05) is 54.6 Å². The standard InChI is InChI=1S/C17H16INO4/c1-10-5-11(2)7-13(6-10)19-16(21)9-23-17(22)14-8-12(18)3-4-15(14)20/h3-8,20H,9H2,1-2H3,(H,19,21). The van der Waals surface area contributed by atoms with E-state index in [4.69, 9.17) is 4.74 Å². The second kappa shape index (κ2) is 7.45. The van der Waals surface area contributed by atoms with Gasteiger partial charge < -0.3 is 15.2 Å². The third-order valence-electron chi connectivity index (χ3n) is 3.02. The third kappa shape index (κ3) is 4.95. The molecule has 0 aliphatic heterocycles. The number of benzene rings is 2. The molecule has 120 valence electrons. The van der Waals surface area contributed by atoms with Gasteiger partial charge in [0.25, 0.3) is 5.91 Å². The van der Waals surface area contributed by atoms with Gasteiger partial charge in [-0.1, -0.05) is 6.07 Å². The fourth-order valence-electron chi connectivity index (χ4n) is 2.12. The number of carbonyl (C=O) groups is 2. The summed E-state index contributed by atoms with van der Waals surface area (Å²) in [6.07, 6.45) is 0. The molecular formula is C17H16INO4. The molecular weight excluding hydrogens is 409 g/mol. The van der Waals surface area contributed by atoms with Gasteiger partial charge in [-0.05, 0) is 77.9 Å². The first-order chi connectivity index (χ1) is 10.8. The van der Waals surface area contributed by atoms with Crippen molar-refractivity contribution < 1.29 is 19.4 Å². The van der Waals surface area contributed by atoms with Crippen molar-refractivity contribution in [1.29, 1.82) is 0 Å². The number of aryl methyl sites for hydroxylation is 2. The zero-order chi connectivity index (χ0) is 17.0. The normalized spacial score (nSPS) is 10.2. The molecule has 0 saturated carbocycles. The Morgan fingerprint density at radius 1 is 1.13 bits per heavy atom. The fraction of sp³-hybridized carbons (Fsp3) is 0.176. The van der Waals surface area contributed by atoms with Crippen LogP contribution >= 0.6 is 22.6 Å². The van der Waals surface area contributed by atoms with Crippen LogP contribution in [-0.2, 0) is 9.53 Å². The zero-order valence-corrected chi connectivity index (χ0v) is 14.9. The van der Waals surface area contributed by atoms with E-state index >= 15 is 0 Å². The summed E-state index contributed by atoms with van der Waals surface area (Å²) < 4.78 is 5.73. The molecule has 0 fully saturated rings. The smallest absolute Gasteiger partial charge is 0.342 e. The van der Waals surface area contributed by atoms with E-state index < -0.39 is 18.5 Å². The SMILES string of the molecule is Cc1cc(C)cc(NC(=O)COC(=O)c2cc(I)ccc2O)c1. The van der Waals surface area contributed by atoms with Crippen molar-refractivity contribution >= 4 is 40.2 Å². The number of phenolic OH excluding ortho intramolecular Hbond substituents is 1. The van der Waals surface area contributed by atoms with E-state index in [1.54, 1.807) is 6.07 Å². The Balaban J connectivity index is 1.96. The van der Waals surface area contributed by atoms with Crippen LogP contribution < -0.4 is 5.32 Å². The van der Waals surface area contributed by atoms with Gasteiger partial charge in [0.05, 0.1) is 0 Å². The van der Waals surface area contributed by atoms with Gasteiger partial charge in [-0.2, -0.15) is 0 Å². The zero-order valence-electron chi connectivity index (χ0n) is 12.7. The molecule has 0 unspecified atom stereocenters. The van der Waals surface area contributed by atoms with Crippen LogP contribution in [0.3, 0.4) is 0 Å². The van der Waals surface area contributed by atoms with Crippen molar-refractivity contribution in [2.45, 2.75) is 13.8 Å². The largest absolute Gasteiger partial charge is 0.507 e. The molecule has 5 nitrogen and oxygen atoms in total. The number of amides is 1. The number of rotatable bonds is 4. The maximum Gasteiger partial charge on any atom is 0.342 e. The molecule has 0 aliphatic rings. The van der Waals surface area contributed by atoms with Crippen LogP contribution in [-0.4, -0.2) is 23.6 Å². The number of aromatic hydroxyl groups is 1. The average molecular weight is 425 g/mol. The summed E-state index contributed by atoms with van der Waals surface area (Å²) in [4.78, 5) is 23.8. The summed E-state index contributed by atoms with van der Waals surface area (Å²) in [5.74, 6) is -1.35. The van der Waals surface area contributed by atoms with Gasteiger partial charge >= 0.3 is 5.97 Å². The lowest BCUT2D eigenvalue weighted by Crippen LogP contribution is -2.21. The van der Waals surface area contributed by atoms with Gasteiger partial charge in [0.15, 0.2) is 6.61 Å². The van der Waals surface area contributed by atoms with E-state index in [1.165, 1.54) is 12.1 Å². The molecule has 0 heterocycles. The summed E-state index contributed by atoms with van der Waals surface area (Å²) >= 11 is 2.02. The van der Waals surface area contributed by atoms with Gasteiger partial charge in [-0.3, -0.25) is 4.79 Å². The summed E-state index contributed by atoms with van der Waals surface area (Å²) in [5, 5.41) is 12.3. The van der Waals surface area contributed by atoms with E-state index in [9.17, 15) is 14.7 Å². The molecule has 1 amide bonds. The lowest BCUT2D eigenvalue weighted by molar-refractivity contribution is -0.119. The van der Waals surface area contributed by atoms with Gasteiger partial charge in [-0.15, -0.1) is 0 Å². The van der Waals surface area contributed by atoms with Crippen molar-refractivity contribution in [3.8, 4) is 5.75 Å². The van der Waals surface area contributed by atoms with Gasteiger partial charge in [0.1, 0.15) is 11.3 Å². The maximum atomic E-state index is 11.9. The molecule has 6 heteroatoms. The Kier molecular flexibility index (Phi) is 5.59. The summed E-state index contributed by atoms with van der Waals surface area (Å²) in [6.45, 7) is 3.45. The van der Waals surface area contributed by atoms with E-state index in [0.29, 0.717) is 5.69 Å². The lowest BCUT2D eigenvalue weighted by atomic mass is 10.1. The minimum Gasteiger partial charge on any atom is -0.507 e. The van der Waals surface area contributed by atoms with E-state index in [0.717, 1.165) is 14.7 Å². The summed E-state index contributed by atoms with van der Waals surface area (Å²) in [7, 11) is 0. The topological polar surface area (TPSA) is 75.6 Å².